The highest BCUT2D eigenvalue weighted by Crippen LogP contribution is 2.24. The molecule has 5 rings (SSSR count). The summed E-state index contributed by atoms with van der Waals surface area (Å²) in [5.74, 6) is -0.0381. The number of carbonyl (C=O) groups excluding carboxylic acids is 1. The van der Waals surface area contributed by atoms with Crippen LogP contribution in [-0.4, -0.2) is 41.9 Å². The van der Waals surface area contributed by atoms with Crippen molar-refractivity contribution in [2.75, 3.05) is 11.9 Å². The van der Waals surface area contributed by atoms with E-state index in [1.807, 2.05) is 18.2 Å². The second-order valence-electron chi connectivity index (χ2n) is 7.84. The van der Waals surface area contributed by atoms with Crippen LogP contribution in [0.3, 0.4) is 0 Å². The Kier molecular flexibility index (Phi) is 5.43. The van der Waals surface area contributed by atoms with Crippen molar-refractivity contribution < 1.29 is 4.79 Å². The fraction of sp³-hybridized carbons (Fsp3) is 0.273. The van der Waals surface area contributed by atoms with Crippen LogP contribution < -0.4 is 21.9 Å². The smallest absolute Gasteiger partial charge is 0.323 e. The number of carbonyl (C=O) groups is 1. The molecule has 4 aromatic heterocycles. The number of aromatic nitrogens is 6. The zero-order valence-corrected chi connectivity index (χ0v) is 17.7. The summed E-state index contributed by atoms with van der Waals surface area (Å²) in [7, 11) is 0. The molecule has 33 heavy (non-hydrogen) atoms. The second-order valence-corrected chi connectivity index (χ2v) is 7.84. The molecule has 0 aliphatic carbocycles. The number of hydrogen-bond donors (Lipinski definition) is 4. The molecule has 1 atom stereocenters. The zero-order chi connectivity index (χ0) is 22.8. The van der Waals surface area contributed by atoms with Crippen LogP contribution in [0, 0.1) is 0 Å². The molecular formula is C22H22N8O3. The fourth-order valence-corrected chi connectivity index (χ4v) is 4.04. The van der Waals surface area contributed by atoms with Gasteiger partial charge in [0.2, 0.25) is 5.91 Å². The minimum Gasteiger partial charge on any atom is -0.365 e. The molecule has 0 spiro atoms. The predicted octanol–water partition coefficient (Wildman–Crippen LogP) is 0.661. The average molecular weight is 446 g/mol. The van der Waals surface area contributed by atoms with Gasteiger partial charge in [-0.1, -0.05) is 6.07 Å². The molecule has 0 unspecified atom stereocenters. The lowest BCUT2D eigenvalue weighted by atomic mass is 10.2. The molecule has 0 radical (unpaired) electrons. The van der Waals surface area contributed by atoms with E-state index in [1.165, 1.54) is 4.57 Å². The van der Waals surface area contributed by atoms with Crippen molar-refractivity contribution >= 4 is 22.8 Å². The minimum atomic E-state index is -0.609. The molecule has 0 saturated heterocycles. The Bertz CT molecular complexity index is 1420. The highest BCUT2D eigenvalue weighted by molar-refractivity contribution is 5.81. The van der Waals surface area contributed by atoms with Crippen molar-refractivity contribution in [3.05, 3.63) is 80.8 Å². The Labute approximate surface area is 187 Å². The number of fused-ring (bicyclic) bond motifs is 2. The molecule has 1 aliphatic heterocycles. The molecule has 168 valence electrons. The quantitative estimate of drug-likeness (QED) is 0.326. The van der Waals surface area contributed by atoms with E-state index in [0.29, 0.717) is 42.5 Å². The number of pyridine rings is 2. The number of nitrogens with one attached hydrogen (secondary N) is 4. The van der Waals surface area contributed by atoms with Crippen molar-refractivity contribution in [1.82, 2.24) is 34.8 Å². The van der Waals surface area contributed by atoms with Crippen LogP contribution in [0.5, 0.6) is 0 Å². The Morgan fingerprint density at radius 3 is 2.82 bits per heavy atom. The molecule has 11 nitrogen and oxygen atoms in total. The molecule has 5 heterocycles. The van der Waals surface area contributed by atoms with Gasteiger partial charge in [-0.2, -0.15) is 0 Å². The maximum atomic E-state index is 13.0. The first-order valence-electron chi connectivity index (χ1n) is 10.7. The van der Waals surface area contributed by atoms with Gasteiger partial charge < -0.3 is 20.6 Å². The third-order valence-corrected chi connectivity index (χ3v) is 5.66. The van der Waals surface area contributed by atoms with Crippen LogP contribution in [0.25, 0.3) is 11.0 Å². The highest BCUT2D eigenvalue weighted by atomic mass is 16.2. The maximum absolute atomic E-state index is 13.0. The van der Waals surface area contributed by atoms with Crippen LogP contribution in [0.15, 0.2) is 52.4 Å². The molecule has 1 aliphatic rings. The van der Waals surface area contributed by atoms with Gasteiger partial charge in [-0.15, -0.1) is 0 Å². The highest BCUT2D eigenvalue weighted by Gasteiger charge is 2.30. The topological polar surface area (TPSA) is 150 Å². The number of anilines is 1. The Morgan fingerprint density at radius 2 is 1.97 bits per heavy atom. The second kappa shape index (κ2) is 8.69. The van der Waals surface area contributed by atoms with E-state index in [2.05, 4.69) is 35.6 Å². The largest absolute Gasteiger partial charge is 0.365 e. The normalized spacial score (nSPS) is 14.8. The number of hydrogen-bond acceptors (Lipinski definition) is 7. The number of nitrogens with zero attached hydrogens (tertiary/aromatic N) is 4. The summed E-state index contributed by atoms with van der Waals surface area (Å²) >= 11 is 0. The molecule has 0 aromatic carbocycles. The standard InChI is InChI=1S/C22H22N8O3/c31-20(27-10-14-9-16-17(12-25-14)29-22(33)28-16)18-5-4-15-11-26-19(21(32)30(15)18)24-8-6-13-3-1-2-7-23-13/h1-3,7,9,11-12,18H,4-6,8,10H2,(H,24,26)(H,27,31)(H2,28,29,33)/t18-/m0/s1. The van der Waals surface area contributed by atoms with Gasteiger partial charge >= 0.3 is 5.69 Å². The van der Waals surface area contributed by atoms with Crippen molar-refractivity contribution in [1.29, 1.82) is 0 Å². The first-order valence-corrected chi connectivity index (χ1v) is 10.7. The summed E-state index contributed by atoms with van der Waals surface area (Å²) < 4.78 is 1.52. The van der Waals surface area contributed by atoms with Gasteiger partial charge in [0, 0.05) is 36.7 Å². The molecule has 11 heteroatoms. The molecule has 0 saturated carbocycles. The molecule has 1 amide bonds. The third-order valence-electron chi connectivity index (χ3n) is 5.66. The lowest BCUT2D eigenvalue weighted by Crippen LogP contribution is -2.36. The number of aryl methyl sites for hydroxylation is 1. The van der Waals surface area contributed by atoms with Gasteiger partial charge in [-0.3, -0.25) is 24.1 Å². The van der Waals surface area contributed by atoms with Gasteiger partial charge in [0.1, 0.15) is 6.04 Å². The van der Waals surface area contributed by atoms with E-state index in [9.17, 15) is 14.4 Å². The lowest BCUT2D eigenvalue weighted by molar-refractivity contribution is -0.124. The van der Waals surface area contributed by atoms with Crippen LogP contribution in [0.2, 0.25) is 0 Å². The van der Waals surface area contributed by atoms with Crippen molar-refractivity contribution in [3.63, 3.8) is 0 Å². The number of H-pyrrole nitrogens is 2. The van der Waals surface area contributed by atoms with Crippen LogP contribution >= 0.6 is 0 Å². The van der Waals surface area contributed by atoms with Crippen molar-refractivity contribution in [2.24, 2.45) is 0 Å². The SMILES string of the molecule is O=C(NCc1cc2[nH]c(=O)[nH]c2cn1)[C@@H]1CCc2cnc(NCCc3ccccn3)c(=O)n21. The Hall–Kier alpha value is -4.28. The van der Waals surface area contributed by atoms with Gasteiger partial charge in [0.15, 0.2) is 5.82 Å². The van der Waals surface area contributed by atoms with Gasteiger partial charge in [-0.05, 0) is 31.0 Å². The summed E-state index contributed by atoms with van der Waals surface area (Å²) in [6.07, 6.45) is 6.69. The van der Waals surface area contributed by atoms with E-state index in [0.717, 1.165) is 11.4 Å². The summed E-state index contributed by atoms with van der Waals surface area (Å²) in [6, 6.07) is 6.79. The molecular weight excluding hydrogens is 424 g/mol. The van der Waals surface area contributed by atoms with Crippen molar-refractivity contribution in [3.8, 4) is 0 Å². The monoisotopic (exact) mass is 446 g/mol. The van der Waals surface area contributed by atoms with E-state index in [-0.39, 0.29) is 29.5 Å². The number of imidazole rings is 1. The minimum absolute atomic E-state index is 0.183. The average Bonchev–Trinajstić information content (AvgIpc) is 3.42. The van der Waals surface area contributed by atoms with Crippen LogP contribution in [-0.2, 0) is 24.2 Å². The third kappa shape index (κ3) is 4.25. The molecule has 0 fully saturated rings. The summed E-state index contributed by atoms with van der Waals surface area (Å²) in [4.78, 5) is 55.4. The van der Waals surface area contributed by atoms with E-state index in [1.54, 1.807) is 24.7 Å². The Morgan fingerprint density at radius 1 is 1.09 bits per heavy atom. The Balaban J connectivity index is 1.26. The van der Waals surface area contributed by atoms with E-state index < -0.39 is 6.04 Å². The number of amides is 1. The van der Waals surface area contributed by atoms with Crippen LogP contribution in [0.4, 0.5) is 5.82 Å². The van der Waals surface area contributed by atoms with E-state index in [4.69, 9.17) is 0 Å². The first-order chi connectivity index (χ1) is 16.1. The lowest BCUT2D eigenvalue weighted by Gasteiger charge is -2.15. The van der Waals surface area contributed by atoms with E-state index >= 15 is 0 Å². The molecule has 4 aromatic rings. The molecule has 4 N–H and O–H groups in total. The van der Waals surface area contributed by atoms with Crippen molar-refractivity contribution in [2.45, 2.75) is 31.8 Å². The number of aromatic amines is 2. The summed E-state index contributed by atoms with van der Waals surface area (Å²) in [5, 5.41) is 5.92. The zero-order valence-electron chi connectivity index (χ0n) is 17.7. The molecule has 0 bridgehead atoms. The van der Waals surface area contributed by atoms with Gasteiger partial charge in [0.25, 0.3) is 5.56 Å². The van der Waals surface area contributed by atoms with Gasteiger partial charge in [-0.25, -0.2) is 9.78 Å². The van der Waals surface area contributed by atoms with Crippen LogP contribution in [0.1, 0.15) is 29.5 Å². The van der Waals surface area contributed by atoms with Gasteiger partial charge in [0.05, 0.1) is 29.5 Å². The number of rotatable bonds is 7. The predicted molar refractivity (Wildman–Crippen MR) is 121 cm³/mol. The summed E-state index contributed by atoms with van der Waals surface area (Å²) in [5.41, 5.74) is 2.85. The first kappa shape index (κ1) is 20.6. The summed E-state index contributed by atoms with van der Waals surface area (Å²) in [6.45, 7) is 0.688. The fourth-order valence-electron chi connectivity index (χ4n) is 4.04. The maximum Gasteiger partial charge on any atom is 0.323 e.